The first-order valence-electron chi connectivity index (χ1n) is 5.22. The van der Waals surface area contributed by atoms with Crippen LogP contribution < -0.4 is 4.74 Å². The van der Waals surface area contributed by atoms with Crippen LogP contribution in [0.1, 0.15) is 11.5 Å². The van der Waals surface area contributed by atoms with Gasteiger partial charge in [0, 0.05) is 12.0 Å². The third-order valence-electron chi connectivity index (χ3n) is 2.41. The highest BCUT2D eigenvalue weighted by Crippen LogP contribution is 2.20. The molecule has 0 saturated carbocycles. The quantitative estimate of drug-likeness (QED) is 0.621. The van der Waals surface area contributed by atoms with E-state index in [1.54, 1.807) is 13.2 Å². The molecule has 0 aromatic heterocycles. The predicted octanol–water partition coefficient (Wildman–Crippen LogP) is 1.50. The summed E-state index contributed by atoms with van der Waals surface area (Å²) >= 11 is 0. The Morgan fingerprint density at radius 2 is 2.00 bits per heavy atom. The van der Waals surface area contributed by atoms with E-state index < -0.39 is 5.97 Å². The molecule has 0 bridgehead atoms. The lowest BCUT2D eigenvalue weighted by Gasteiger charge is -2.10. The van der Waals surface area contributed by atoms with Crippen LogP contribution in [0.4, 0.5) is 0 Å². The Morgan fingerprint density at radius 3 is 2.47 bits per heavy atom. The highest BCUT2D eigenvalue weighted by molar-refractivity contribution is 5.81. The Morgan fingerprint density at radius 1 is 1.35 bits per heavy atom. The average Bonchev–Trinajstić information content (AvgIpc) is 2.39. The lowest BCUT2D eigenvalue weighted by Crippen LogP contribution is -2.03. The third-order valence-corrected chi connectivity index (χ3v) is 2.41. The van der Waals surface area contributed by atoms with Crippen molar-refractivity contribution < 1.29 is 19.4 Å². The SMILES string of the molecule is COC(=O)C=CC(CO)c1ccc(OC)cc1. The molecule has 1 rings (SSSR count). The van der Waals surface area contributed by atoms with Crippen molar-refractivity contribution in [2.45, 2.75) is 5.92 Å². The number of hydrogen-bond donors (Lipinski definition) is 1. The summed E-state index contributed by atoms with van der Waals surface area (Å²) in [6.45, 7) is -0.0696. The van der Waals surface area contributed by atoms with Gasteiger partial charge in [-0.15, -0.1) is 0 Å². The lowest BCUT2D eigenvalue weighted by atomic mass is 9.99. The summed E-state index contributed by atoms with van der Waals surface area (Å²) in [5, 5.41) is 9.26. The van der Waals surface area contributed by atoms with E-state index in [2.05, 4.69) is 4.74 Å². The molecule has 1 aromatic carbocycles. The van der Waals surface area contributed by atoms with Crippen molar-refractivity contribution in [1.82, 2.24) is 0 Å². The second-order valence-corrected chi connectivity index (χ2v) is 3.44. The molecule has 0 amide bonds. The number of aliphatic hydroxyl groups excluding tert-OH is 1. The molecule has 17 heavy (non-hydrogen) atoms. The van der Waals surface area contributed by atoms with Crippen LogP contribution in [-0.4, -0.2) is 31.9 Å². The Kier molecular flexibility index (Phi) is 5.23. The maximum atomic E-state index is 11.0. The van der Waals surface area contributed by atoms with Gasteiger partial charge in [0.1, 0.15) is 5.75 Å². The van der Waals surface area contributed by atoms with Gasteiger partial charge in [0.2, 0.25) is 0 Å². The molecule has 0 radical (unpaired) electrons. The monoisotopic (exact) mass is 236 g/mol. The van der Waals surface area contributed by atoms with Gasteiger partial charge in [0.05, 0.1) is 20.8 Å². The lowest BCUT2D eigenvalue weighted by molar-refractivity contribution is -0.134. The van der Waals surface area contributed by atoms with Crippen LogP contribution in [0.3, 0.4) is 0 Å². The van der Waals surface area contributed by atoms with Crippen molar-refractivity contribution in [3.05, 3.63) is 42.0 Å². The maximum absolute atomic E-state index is 11.0. The second-order valence-electron chi connectivity index (χ2n) is 3.44. The van der Waals surface area contributed by atoms with E-state index >= 15 is 0 Å². The molecule has 1 N–H and O–H groups in total. The minimum absolute atomic E-state index is 0.0696. The van der Waals surface area contributed by atoms with Crippen LogP contribution in [0.2, 0.25) is 0 Å². The predicted molar refractivity (Wildman–Crippen MR) is 64.0 cm³/mol. The van der Waals surface area contributed by atoms with Crippen molar-refractivity contribution >= 4 is 5.97 Å². The molecular weight excluding hydrogens is 220 g/mol. The van der Waals surface area contributed by atoms with Gasteiger partial charge < -0.3 is 14.6 Å². The van der Waals surface area contributed by atoms with Gasteiger partial charge in [-0.1, -0.05) is 18.2 Å². The zero-order valence-corrected chi connectivity index (χ0v) is 9.92. The Labute approximate surface area is 100 Å². The van der Waals surface area contributed by atoms with Crippen LogP contribution in [0.5, 0.6) is 5.75 Å². The minimum Gasteiger partial charge on any atom is -0.497 e. The molecule has 0 aliphatic carbocycles. The van der Waals surface area contributed by atoms with Crippen LogP contribution >= 0.6 is 0 Å². The number of methoxy groups -OCH3 is 2. The smallest absolute Gasteiger partial charge is 0.330 e. The first-order chi connectivity index (χ1) is 8.21. The van der Waals surface area contributed by atoms with Gasteiger partial charge >= 0.3 is 5.97 Å². The molecule has 0 heterocycles. The van der Waals surface area contributed by atoms with Crippen molar-refractivity contribution in [2.24, 2.45) is 0 Å². The van der Waals surface area contributed by atoms with Gasteiger partial charge in [-0.25, -0.2) is 4.79 Å². The molecule has 0 saturated heterocycles. The third kappa shape index (κ3) is 3.92. The molecule has 4 nitrogen and oxygen atoms in total. The second kappa shape index (κ2) is 6.70. The van der Waals surface area contributed by atoms with Crippen molar-refractivity contribution in [3.8, 4) is 5.75 Å². The van der Waals surface area contributed by atoms with E-state index in [0.29, 0.717) is 0 Å². The molecule has 0 aliphatic heterocycles. The average molecular weight is 236 g/mol. The molecular formula is C13H16O4. The summed E-state index contributed by atoms with van der Waals surface area (Å²) in [5.41, 5.74) is 0.911. The van der Waals surface area contributed by atoms with Crippen molar-refractivity contribution in [1.29, 1.82) is 0 Å². The number of aliphatic hydroxyl groups is 1. The Balaban J connectivity index is 2.78. The van der Waals surface area contributed by atoms with Crippen molar-refractivity contribution in [2.75, 3.05) is 20.8 Å². The van der Waals surface area contributed by atoms with E-state index in [1.165, 1.54) is 13.2 Å². The van der Waals surface area contributed by atoms with E-state index in [9.17, 15) is 9.90 Å². The summed E-state index contributed by atoms with van der Waals surface area (Å²) in [6, 6.07) is 7.32. The molecule has 1 atom stereocenters. The summed E-state index contributed by atoms with van der Waals surface area (Å²) < 4.78 is 9.53. The summed E-state index contributed by atoms with van der Waals surface area (Å²) in [7, 11) is 2.91. The largest absolute Gasteiger partial charge is 0.497 e. The Hall–Kier alpha value is -1.81. The van der Waals surface area contributed by atoms with Crippen LogP contribution in [-0.2, 0) is 9.53 Å². The fourth-order valence-corrected chi connectivity index (χ4v) is 1.39. The number of carbonyl (C=O) groups excluding carboxylic acids is 1. The fraction of sp³-hybridized carbons (Fsp3) is 0.308. The molecule has 0 spiro atoms. The molecule has 92 valence electrons. The fourth-order valence-electron chi connectivity index (χ4n) is 1.39. The zero-order valence-electron chi connectivity index (χ0n) is 9.92. The topological polar surface area (TPSA) is 55.8 Å². The van der Waals surface area contributed by atoms with Gasteiger partial charge in [-0.2, -0.15) is 0 Å². The molecule has 0 aliphatic rings. The first kappa shape index (κ1) is 13.3. The number of ether oxygens (including phenoxy) is 2. The van der Waals surface area contributed by atoms with Gasteiger partial charge in [0.15, 0.2) is 0 Å². The summed E-state index contributed by atoms with van der Waals surface area (Å²) in [4.78, 5) is 11.0. The molecule has 1 unspecified atom stereocenters. The van der Waals surface area contributed by atoms with Gasteiger partial charge in [-0.3, -0.25) is 0 Å². The normalized spacial score (nSPS) is 12.4. The Bertz CT molecular complexity index is 381. The standard InChI is InChI=1S/C13H16O4/c1-16-12-6-3-10(4-7-12)11(9-14)5-8-13(15)17-2/h3-8,11,14H,9H2,1-2H3. The summed E-state index contributed by atoms with van der Waals surface area (Å²) in [6.07, 6.45) is 2.93. The van der Waals surface area contributed by atoms with Crippen LogP contribution in [0.25, 0.3) is 0 Å². The first-order valence-corrected chi connectivity index (χ1v) is 5.22. The number of benzene rings is 1. The van der Waals surface area contributed by atoms with E-state index in [4.69, 9.17) is 4.74 Å². The van der Waals surface area contributed by atoms with E-state index in [-0.39, 0.29) is 12.5 Å². The van der Waals surface area contributed by atoms with Gasteiger partial charge in [0.25, 0.3) is 0 Å². The van der Waals surface area contributed by atoms with Crippen LogP contribution in [0.15, 0.2) is 36.4 Å². The maximum Gasteiger partial charge on any atom is 0.330 e. The van der Waals surface area contributed by atoms with Crippen LogP contribution in [0, 0.1) is 0 Å². The highest BCUT2D eigenvalue weighted by Gasteiger charge is 2.07. The molecule has 0 fully saturated rings. The number of rotatable bonds is 5. The summed E-state index contributed by atoms with van der Waals surface area (Å²) in [5.74, 6) is 0.0966. The minimum atomic E-state index is -0.433. The molecule has 1 aromatic rings. The number of hydrogen-bond acceptors (Lipinski definition) is 4. The number of carbonyl (C=O) groups is 1. The van der Waals surface area contributed by atoms with Gasteiger partial charge in [-0.05, 0) is 17.7 Å². The van der Waals surface area contributed by atoms with Crippen molar-refractivity contribution in [3.63, 3.8) is 0 Å². The van der Waals surface area contributed by atoms with E-state index in [1.807, 2.05) is 24.3 Å². The van der Waals surface area contributed by atoms with E-state index in [0.717, 1.165) is 11.3 Å². The molecule has 4 heteroatoms. The number of esters is 1. The highest BCUT2D eigenvalue weighted by atomic mass is 16.5. The zero-order chi connectivity index (χ0) is 12.7.